The maximum Gasteiger partial charge on any atom is 0.251 e. The fraction of sp³-hybridized carbons (Fsp3) is 0.643. The first-order valence-corrected chi connectivity index (χ1v) is 7.95. The summed E-state index contributed by atoms with van der Waals surface area (Å²) in [6, 6.07) is 3.95. The molecule has 108 valence electrons. The van der Waals surface area contributed by atoms with Crippen molar-refractivity contribution in [1.29, 1.82) is 5.26 Å². The van der Waals surface area contributed by atoms with Gasteiger partial charge in [0.1, 0.15) is 5.54 Å². The first-order valence-electron chi connectivity index (χ1n) is 6.96. The lowest BCUT2D eigenvalue weighted by Crippen LogP contribution is -2.46. The Hall–Kier alpha value is -1.32. The van der Waals surface area contributed by atoms with Crippen LogP contribution in [0.4, 0.5) is 0 Å². The number of nitrogens with zero attached hydrogens (tertiary/aromatic N) is 2. The number of aromatic amines is 1. The summed E-state index contributed by atoms with van der Waals surface area (Å²) >= 11 is 1.45. The van der Waals surface area contributed by atoms with Gasteiger partial charge in [0.05, 0.1) is 6.07 Å². The van der Waals surface area contributed by atoms with Crippen molar-refractivity contribution in [2.75, 3.05) is 12.8 Å². The largest absolute Gasteiger partial charge is 0.302 e. The second-order valence-corrected chi connectivity index (χ2v) is 6.15. The summed E-state index contributed by atoms with van der Waals surface area (Å²) in [6.45, 7) is 2.06. The van der Waals surface area contributed by atoms with Gasteiger partial charge in [-0.25, -0.2) is 4.98 Å². The van der Waals surface area contributed by atoms with Crippen LogP contribution in [0.2, 0.25) is 0 Å². The maximum absolute atomic E-state index is 11.6. The summed E-state index contributed by atoms with van der Waals surface area (Å²) in [7, 11) is 1.83. The smallest absolute Gasteiger partial charge is 0.251 e. The molecule has 1 unspecified atom stereocenters. The third-order valence-corrected chi connectivity index (χ3v) is 4.70. The fourth-order valence-electron chi connectivity index (χ4n) is 2.27. The van der Waals surface area contributed by atoms with Crippen molar-refractivity contribution in [1.82, 2.24) is 15.3 Å². The second-order valence-electron chi connectivity index (χ2n) is 5.19. The monoisotopic (exact) mass is 292 g/mol. The molecule has 1 saturated carbocycles. The van der Waals surface area contributed by atoms with Crippen LogP contribution in [0.1, 0.15) is 31.9 Å². The highest BCUT2D eigenvalue weighted by molar-refractivity contribution is 7.99. The minimum Gasteiger partial charge on any atom is -0.302 e. The van der Waals surface area contributed by atoms with Crippen LogP contribution in [0, 0.1) is 17.2 Å². The predicted molar refractivity (Wildman–Crippen MR) is 79.7 cm³/mol. The topological polar surface area (TPSA) is 81.6 Å². The number of rotatable bonds is 7. The second kappa shape index (κ2) is 6.42. The molecule has 1 aromatic heterocycles. The molecule has 1 atom stereocenters. The summed E-state index contributed by atoms with van der Waals surface area (Å²) in [5.41, 5.74) is 0.186. The van der Waals surface area contributed by atoms with Crippen LogP contribution in [-0.4, -0.2) is 28.3 Å². The Bertz CT molecular complexity index is 561. The average Bonchev–Trinajstić information content (AvgIpc) is 3.25. The van der Waals surface area contributed by atoms with Crippen LogP contribution >= 0.6 is 11.8 Å². The summed E-state index contributed by atoms with van der Waals surface area (Å²) in [5, 5.41) is 13.2. The van der Waals surface area contributed by atoms with Gasteiger partial charge < -0.3 is 10.3 Å². The molecule has 1 heterocycles. The fourth-order valence-corrected chi connectivity index (χ4v) is 3.43. The SMILES string of the molecule is CCCc1cc(=O)[nH]c(SCC(C#N)(NC)C2CC2)n1. The molecule has 0 amide bonds. The summed E-state index contributed by atoms with van der Waals surface area (Å²) in [5.74, 6) is 1.01. The van der Waals surface area contributed by atoms with Crippen molar-refractivity contribution in [3.05, 3.63) is 22.1 Å². The third kappa shape index (κ3) is 3.41. The third-order valence-electron chi connectivity index (χ3n) is 3.64. The number of thioether (sulfide) groups is 1. The van der Waals surface area contributed by atoms with Crippen molar-refractivity contribution < 1.29 is 0 Å². The molecule has 5 nitrogen and oxygen atoms in total. The van der Waals surface area contributed by atoms with Crippen LogP contribution in [0.15, 0.2) is 16.0 Å². The molecule has 20 heavy (non-hydrogen) atoms. The summed E-state index contributed by atoms with van der Waals surface area (Å²) in [4.78, 5) is 18.8. The van der Waals surface area contributed by atoms with Gasteiger partial charge in [0.2, 0.25) is 0 Å². The lowest BCUT2D eigenvalue weighted by molar-refractivity contribution is 0.441. The highest BCUT2D eigenvalue weighted by Gasteiger charge is 2.44. The van der Waals surface area contributed by atoms with Crippen molar-refractivity contribution in [2.45, 2.75) is 43.3 Å². The Kier molecular flexibility index (Phi) is 4.84. The Morgan fingerprint density at radius 3 is 2.95 bits per heavy atom. The zero-order valence-electron chi connectivity index (χ0n) is 11.9. The van der Waals surface area contributed by atoms with Gasteiger partial charge in [-0.05, 0) is 32.2 Å². The van der Waals surface area contributed by atoms with E-state index in [2.05, 4.69) is 28.3 Å². The van der Waals surface area contributed by atoms with Gasteiger partial charge in [-0.15, -0.1) is 0 Å². The van der Waals surface area contributed by atoms with E-state index in [-0.39, 0.29) is 5.56 Å². The Labute approximate surface area is 123 Å². The number of nitrogens with one attached hydrogen (secondary N) is 2. The Balaban J connectivity index is 2.10. The van der Waals surface area contributed by atoms with E-state index >= 15 is 0 Å². The minimum atomic E-state index is -0.510. The van der Waals surface area contributed by atoms with E-state index < -0.39 is 5.54 Å². The number of H-pyrrole nitrogens is 1. The number of aromatic nitrogens is 2. The van der Waals surface area contributed by atoms with Crippen molar-refractivity contribution in [2.24, 2.45) is 5.92 Å². The molecule has 2 rings (SSSR count). The van der Waals surface area contributed by atoms with Crippen molar-refractivity contribution in [3.8, 4) is 6.07 Å². The van der Waals surface area contributed by atoms with Gasteiger partial charge in [0.25, 0.3) is 5.56 Å². The standard InChI is InChI=1S/C14H20N4OS/c1-3-4-11-7-12(19)18-13(17-11)20-9-14(8-15,16-2)10-5-6-10/h7,10,16H,3-6,9H2,1-2H3,(H,17,18,19). The van der Waals surface area contributed by atoms with Gasteiger partial charge in [-0.2, -0.15) is 5.26 Å². The maximum atomic E-state index is 11.6. The number of nitriles is 1. The van der Waals surface area contributed by atoms with Gasteiger partial charge in [0.15, 0.2) is 5.16 Å². The molecular weight excluding hydrogens is 272 g/mol. The van der Waals surface area contributed by atoms with E-state index in [1.54, 1.807) is 6.07 Å². The van der Waals surface area contributed by atoms with Crippen LogP contribution in [-0.2, 0) is 6.42 Å². The Morgan fingerprint density at radius 1 is 1.65 bits per heavy atom. The van der Waals surface area contributed by atoms with Gasteiger partial charge >= 0.3 is 0 Å². The van der Waals surface area contributed by atoms with E-state index in [0.29, 0.717) is 16.8 Å². The number of aryl methyl sites for hydroxylation is 1. The number of hydrogen-bond acceptors (Lipinski definition) is 5. The van der Waals surface area contributed by atoms with Crippen LogP contribution in [0.3, 0.4) is 0 Å². The van der Waals surface area contributed by atoms with E-state index in [1.807, 2.05) is 7.05 Å². The zero-order valence-corrected chi connectivity index (χ0v) is 12.7. The molecule has 1 aromatic rings. The molecular formula is C14H20N4OS. The van der Waals surface area contributed by atoms with Crippen LogP contribution in [0.25, 0.3) is 0 Å². The lowest BCUT2D eigenvalue weighted by Gasteiger charge is -2.25. The average molecular weight is 292 g/mol. The molecule has 0 saturated heterocycles. The Morgan fingerprint density at radius 2 is 2.40 bits per heavy atom. The summed E-state index contributed by atoms with van der Waals surface area (Å²) < 4.78 is 0. The normalized spacial score (nSPS) is 17.4. The molecule has 2 N–H and O–H groups in total. The highest BCUT2D eigenvalue weighted by Crippen LogP contribution is 2.41. The quantitative estimate of drug-likeness (QED) is 0.590. The van der Waals surface area contributed by atoms with Gasteiger partial charge in [-0.3, -0.25) is 4.79 Å². The van der Waals surface area contributed by atoms with Crippen molar-refractivity contribution >= 4 is 11.8 Å². The summed E-state index contributed by atoms with van der Waals surface area (Å²) in [6.07, 6.45) is 3.94. The zero-order chi connectivity index (χ0) is 14.6. The molecule has 6 heteroatoms. The van der Waals surface area contributed by atoms with E-state index in [4.69, 9.17) is 0 Å². The molecule has 0 aliphatic heterocycles. The van der Waals surface area contributed by atoms with Crippen molar-refractivity contribution in [3.63, 3.8) is 0 Å². The van der Waals surface area contributed by atoms with Crippen LogP contribution in [0.5, 0.6) is 0 Å². The molecule has 1 fully saturated rings. The lowest BCUT2D eigenvalue weighted by atomic mass is 9.98. The predicted octanol–water partition coefficient (Wildman–Crippen LogP) is 1.71. The molecule has 1 aliphatic carbocycles. The molecule has 1 aliphatic rings. The molecule has 0 aromatic carbocycles. The first-order chi connectivity index (χ1) is 9.63. The number of hydrogen-bond donors (Lipinski definition) is 2. The van der Waals surface area contributed by atoms with Gasteiger partial charge in [0, 0.05) is 17.5 Å². The van der Waals surface area contributed by atoms with E-state index in [9.17, 15) is 10.1 Å². The highest BCUT2D eigenvalue weighted by atomic mass is 32.2. The molecule has 0 bridgehead atoms. The van der Waals surface area contributed by atoms with E-state index in [0.717, 1.165) is 31.4 Å². The molecule has 0 radical (unpaired) electrons. The van der Waals surface area contributed by atoms with Gasteiger partial charge in [-0.1, -0.05) is 25.1 Å². The van der Waals surface area contributed by atoms with E-state index in [1.165, 1.54) is 11.8 Å². The molecule has 0 spiro atoms. The first kappa shape index (κ1) is 15.1. The van der Waals surface area contributed by atoms with Crippen LogP contribution < -0.4 is 10.9 Å². The minimum absolute atomic E-state index is 0.121.